The van der Waals surface area contributed by atoms with Gasteiger partial charge in [-0.1, -0.05) is 4.49 Å². The molecule has 1 aromatic rings. The minimum atomic E-state index is 0.546. The molecule has 82 valence electrons. The van der Waals surface area contributed by atoms with Crippen LogP contribution in [0.3, 0.4) is 0 Å². The zero-order valence-corrected chi connectivity index (χ0v) is 9.84. The van der Waals surface area contributed by atoms with E-state index in [0.717, 1.165) is 30.3 Å². The highest BCUT2D eigenvalue weighted by atomic mass is 32.1. The van der Waals surface area contributed by atoms with Crippen LogP contribution in [0.15, 0.2) is 0 Å². The molecule has 0 aliphatic heterocycles. The fraction of sp³-hybridized carbons (Fsp3) is 0.667. The zero-order valence-electron chi connectivity index (χ0n) is 9.03. The number of hydrogen-bond acceptors (Lipinski definition) is 6. The number of nitrogens with zero attached hydrogens (tertiary/aromatic N) is 4. The predicted molar refractivity (Wildman–Crippen MR) is 60.6 cm³/mol. The highest BCUT2D eigenvalue weighted by molar-refractivity contribution is 7.10. The van der Waals surface area contributed by atoms with Crippen molar-refractivity contribution in [3.05, 3.63) is 5.69 Å². The molecule has 0 radical (unpaired) electrons. The van der Waals surface area contributed by atoms with Crippen molar-refractivity contribution in [1.82, 2.24) is 14.5 Å². The topological polar surface area (TPSA) is 64.8 Å². The van der Waals surface area contributed by atoms with Gasteiger partial charge in [0.2, 0.25) is 0 Å². The van der Waals surface area contributed by atoms with Crippen molar-refractivity contribution in [2.75, 3.05) is 25.5 Å². The maximum absolute atomic E-state index is 8.47. The molecule has 0 amide bonds. The molecule has 0 unspecified atom stereocenters. The van der Waals surface area contributed by atoms with Crippen molar-refractivity contribution in [1.29, 1.82) is 5.26 Å². The molecular weight excluding hydrogens is 210 g/mol. The van der Waals surface area contributed by atoms with Gasteiger partial charge in [0.15, 0.2) is 0 Å². The van der Waals surface area contributed by atoms with Crippen LogP contribution in [0.2, 0.25) is 0 Å². The molecule has 0 saturated heterocycles. The predicted octanol–water partition coefficient (Wildman–Crippen LogP) is 1.32. The van der Waals surface area contributed by atoms with Gasteiger partial charge in [-0.05, 0) is 14.0 Å². The third-order valence-corrected chi connectivity index (χ3v) is 2.64. The lowest BCUT2D eigenvalue weighted by molar-refractivity contribution is 0.331. The van der Waals surface area contributed by atoms with Gasteiger partial charge in [-0.25, -0.2) is 0 Å². The Labute approximate surface area is 93.9 Å². The van der Waals surface area contributed by atoms with Gasteiger partial charge in [-0.2, -0.15) is 5.26 Å². The van der Waals surface area contributed by atoms with E-state index < -0.39 is 0 Å². The van der Waals surface area contributed by atoms with Crippen molar-refractivity contribution in [2.45, 2.75) is 19.9 Å². The third kappa shape index (κ3) is 3.81. The van der Waals surface area contributed by atoms with Gasteiger partial charge in [0.1, 0.15) is 10.7 Å². The van der Waals surface area contributed by atoms with E-state index in [2.05, 4.69) is 25.9 Å². The van der Waals surface area contributed by atoms with Crippen LogP contribution < -0.4 is 5.32 Å². The number of aromatic nitrogens is 2. The first-order valence-electron chi connectivity index (χ1n) is 4.88. The second kappa shape index (κ2) is 6.32. The van der Waals surface area contributed by atoms with Crippen molar-refractivity contribution < 1.29 is 0 Å². The summed E-state index contributed by atoms with van der Waals surface area (Å²) in [5.41, 5.74) is 0.960. The Bertz CT molecular complexity index is 329. The average Bonchev–Trinajstić information content (AvgIpc) is 2.63. The Hall–Kier alpha value is -1.19. The van der Waals surface area contributed by atoms with Gasteiger partial charge in [-0.15, -0.1) is 5.10 Å². The lowest BCUT2D eigenvalue weighted by atomic mass is 10.3. The number of hydrogen-bond donors (Lipinski definition) is 1. The summed E-state index contributed by atoms with van der Waals surface area (Å²) >= 11 is 1.38. The van der Waals surface area contributed by atoms with Crippen LogP contribution in [0.25, 0.3) is 0 Å². The first kappa shape index (κ1) is 11.9. The normalized spacial score (nSPS) is 10.3. The molecule has 0 aromatic carbocycles. The van der Waals surface area contributed by atoms with E-state index in [1.807, 2.05) is 14.0 Å². The summed E-state index contributed by atoms with van der Waals surface area (Å²) in [5, 5.41) is 16.8. The maximum atomic E-state index is 8.47. The maximum Gasteiger partial charge on any atom is 0.134 e. The molecule has 0 saturated carbocycles. The molecule has 6 heteroatoms. The molecule has 0 fully saturated rings. The average molecular weight is 225 g/mol. The Morgan fingerprint density at radius 2 is 2.40 bits per heavy atom. The van der Waals surface area contributed by atoms with Crippen LogP contribution >= 0.6 is 11.5 Å². The number of rotatable bonds is 6. The SMILES string of the molecule is CCNc1snnc1CN(C)CCC#N. The van der Waals surface area contributed by atoms with Gasteiger partial charge >= 0.3 is 0 Å². The first-order valence-corrected chi connectivity index (χ1v) is 5.65. The fourth-order valence-corrected chi connectivity index (χ4v) is 1.82. The van der Waals surface area contributed by atoms with Gasteiger partial charge in [0.25, 0.3) is 0 Å². The monoisotopic (exact) mass is 225 g/mol. The van der Waals surface area contributed by atoms with E-state index in [0.29, 0.717) is 6.42 Å². The van der Waals surface area contributed by atoms with Gasteiger partial charge in [-0.3, -0.25) is 4.90 Å². The molecular formula is C9H15N5S. The summed E-state index contributed by atoms with van der Waals surface area (Å²) in [6.45, 7) is 4.42. The third-order valence-electron chi connectivity index (χ3n) is 1.92. The first-order chi connectivity index (χ1) is 7.27. The van der Waals surface area contributed by atoms with E-state index in [-0.39, 0.29) is 0 Å². The zero-order chi connectivity index (χ0) is 11.1. The molecule has 0 atom stereocenters. The lowest BCUT2D eigenvalue weighted by Crippen LogP contribution is -2.19. The molecule has 0 bridgehead atoms. The van der Waals surface area contributed by atoms with Crippen LogP contribution in [0.1, 0.15) is 19.0 Å². The van der Waals surface area contributed by atoms with Crippen LogP contribution in [-0.4, -0.2) is 34.6 Å². The number of nitriles is 1. The molecule has 0 aliphatic carbocycles. The number of nitrogens with one attached hydrogen (secondary N) is 1. The smallest absolute Gasteiger partial charge is 0.134 e. The van der Waals surface area contributed by atoms with Crippen LogP contribution in [0.5, 0.6) is 0 Å². The second-order valence-electron chi connectivity index (χ2n) is 3.22. The van der Waals surface area contributed by atoms with E-state index >= 15 is 0 Å². The minimum absolute atomic E-state index is 0.546. The Morgan fingerprint density at radius 3 is 3.07 bits per heavy atom. The van der Waals surface area contributed by atoms with E-state index in [1.54, 1.807) is 0 Å². The molecule has 5 nitrogen and oxygen atoms in total. The van der Waals surface area contributed by atoms with Gasteiger partial charge in [0, 0.05) is 37.6 Å². The lowest BCUT2D eigenvalue weighted by Gasteiger charge is -2.13. The van der Waals surface area contributed by atoms with Crippen molar-refractivity contribution in [2.24, 2.45) is 0 Å². The summed E-state index contributed by atoms with van der Waals surface area (Å²) in [7, 11) is 1.98. The summed E-state index contributed by atoms with van der Waals surface area (Å²) in [6, 6.07) is 2.13. The largest absolute Gasteiger partial charge is 0.374 e. The molecule has 1 N–H and O–H groups in total. The van der Waals surface area contributed by atoms with Crippen LogP contribution in [0, 0.1) is 11.3 Å². The molecule has 0 spiro atoms. The van der Waals surface area contributed by atoms with Gasteiger partial charge < -0.3 is 5.32 Å². The Kier molecular flexibility index (Phi) is 5.01. The van der Waals surface area contributed by atoms with E-state index in [4.69, 9.17) is 5.26 Å². The second-order valence-corrected chi connectivity index (χ2v) is 3.98. The van der Waals surface area contributed by atoms with Crippen molar-refractivity contribution in [3.8, 4) is 6.07 Å². The Balaban J connectivity index is 2.48. The molecule has 0 aliphatic rings. The molecule has 15 heavy (non-hydrogen) atoms. The number of anilines is 1. The standard InChI is InChI=1S/C9H15N5S/c1-3-11-9-8(12-13-15-9)7-14(2)6-4-5-10/h11H,3-4,6-7H2,1-2H3. The minimum Gasteiger partial charge on any atom is -0.374 e. The molecule has 1 heterocycles. The summed E-state index contributed by atoms with van der Waals surface area (Å²) in [6.07, 6.45) is 0.546. The summed E-state index contributed by atoms with van der Waals surface area (Å²) < 4.78 is 3.91. The fourth-order valence-electron chi connectivity index (χ4n) is 1.18. The molecule has 1 aromatic heterocycles. The van der Waals surface area contributed by atoms with Crippen LogP contribution in [-0.2, 0) is 6.54 Å². The highest BCUT2D eigenvalue weighted by Gasteiger charge is 2.09. The summed E-state index contributed by atoms with van der Waals surface area (Å²) in [5.74, 6) is 0. The van der Waals surface area contributed by atoms with Crippen molar-refractivity contribution >= 4 is 16.5 Å². The van der Waals surface area contributed by atoms with Crippen molar-refractivity contribution in [3.63, 3.8) is 0 Å². The molecule has 1 rings (SSSR count). The van der Waals surface area contributed by atoms with E-state index in [1.165, 1.54) is 11.5 Å². The van der Waals surface area contributed by atoms with Crippen LogP contribution in [0.4, 0.5) is 5.00 Å². The quantitative estimate of drug-likeness (QED) is 0.791. The highest BCUT2D eigenvalue weighted by Crippen LogP contribution is 2.18. The van der Waals surface area contributed by atoms with E-state index in [9.17, 15) is 0 Å². The van der Waals surface area contributed by atoms with Gasteiger partial charge in [0.05, 0.1) is 6.07 Å². The summed E-state index contributed by atoms with van der Waals surface area (Å²) in [4.78, 5) is 2.07. The Morgan fingerprint density at radius 1 is 1.60 bits per heavy atom.